The average molecular weight is 315 g/mol. The van der Waals surface area contributed by atoms with Crippen LogP contribution in [0, 0.1) is 0 Å². The Morgan fingerprint density at radius 3 is 2.43 bits per heavy atom. The summed E-state index contributed by atoms with van der Waals surface area (Å²) < 4.78 is 3.46. The zero-order valence-corrected chi connectivity index (χ0v) is 12.8. The fraction of sp³-hybridized carbons (Fsp3) is 0.267. The third kappa shape index (κ3) is 5.53. The van der Waals surface area contributed by atoms with Crippen LogP contribution in [0.25, 0.3) is 0 Å². The van der Waals surface area contributed by atoms with Gasteiger partial charge in [0.25, 0.3) is 0 Å². The van der Waals surface area contributed by atoms with Gasteiger partial charge in [0.1, 0.15) is 0 Å². The van der Waals surface area contributed by atoms with Crippen molar-refractivity contribution in [3.63, 3.8) is 0 Å². The van der Waals surface area contributed by atoms with Gasteiger partial charge in [0.2, 0.25) is 6.73 Å². The van der Waals surface area contributed by atoms with Crippen molar-refractivity contribution >= 4 is 11.5 Å². The van der Waals surface area contributed by atoms with Crippen molar-refractivity contribution in [1.29, 1.82) is 0 Å². The molecule has 0 saturated heterocycles. The molecule has 0 aliphatic heterocycles. The summed E-state index contributed by atoms with van der Waals surface area (Å²) in [6.45, 7) is 2.27. The van der Waals surface area contributed by atoms with Crippen LogP contribution in [0.5, 0.6) is 0 Å². The summed E-state index contributed by atoms with van der Waals surface area (Å²) in [6, 6.07) is 7.07. The van der Waals surface area contributed by atoms with E-state index in [9.17, 15) is 0 Å². The maximum atomic E-state index is 8.94. The number of azo groups is 1. The summed E-state index contributed by atoms with van der Waals surface area (Å²) >= 11 is 0. The van der Waals surface area contributed by atoms with E-state index in [1.54, 1.807) is 48.1 Å². The Hall–Kier alpha value is -2.71. The minimum Gasteiger partial charge on any atom is -0.395 e. The molecule has 2 N–H and O–H groups in total. The highest BCUT2D eigenvalue weighted by Gasteiger charge is 1.97. The molecule has 2 rings (SSSR count). The molecule has 0 unspecified atom stereocenters. The highest BCUT2D eigenvalue weighted by molar-refractivity contribution is 5.79. The molecule has 2 heterocycles. The number of nitrogens with zero attached hydrogens (tertiary/aromatic N) is 6. The second-order valence-electron chi connectivity index (χ2n) is 4.68. The Morgan fingerprint density at radius 2 is 1.83 bits per heavy atom. The van der Waals surface area contributed by atoms with Crippen molar-refractivity contribution in [2.24, 2.45) is 20.4 Å². The van der Waals surface area contributed by atoms with Crippen molar-refractivity contribution in [3.05, 3.63) is 54.4 Å². The van der Waals surface area contributed by atoms with E-state index < -0.39 is 0 Å². The quantitative estimate of drug-likeness (QED) is 0.280. The Labute approximate surface area is 133 Å². The maximum absolute atomic E-state index is 8.94. The smallest absolute Gasteiger partial charge is 0.250 e. The van der Waals surface area contributed by atoms with Gasteiger partial charge in [-0.05, 0) is 19.1 Å². The van der Waals surface area contributed by atoms with Gasteiger partial charge in [-0.25, -0.2) is 0 Å². The van der Waals surface area contributed by atoms with Crippen LogP contribution in [0.4, 0.5) is 5.69 Å². The van der Waals surface area contributed by atoms with Crippen LogP contribution < -0.4 is 9.92 Å². The number of aliphatic hydroxyl groups excluding tert-OH is 2. The average Bonchev–Trinajstić information content (AvgIpc) is 2.60. The third-order valence-electron chi connectivity index (χ3n) is 2.89. The zero-order chi connectivity index (χ0) is 16.5. The largest absolute Gasteiger partial charge is 0.395 e. The lowest BCUT2D eigenvalue weighted by Crippen LogP contribution is -2.31. The Kier molecular flexibility index (Phi) is 6.28. The zero-order valence-electron chi connectivity index (χ0n) is 12.8. The summed E-state index contributed by atoms with van der Waals surface area (Å²) in [5.74, 6) is 0.427. The van der Waals surface area contributed by atoms with Gasteiger partial charge < -0.3 is 14.8 Å². The van der Waals surface area contributed by atoms with Gasteiger partial charge in [0.05, 0.1) is 17.7 Å². The van der Waals surface area contributed by atoms with Crippen LogP contribution in [0.1, 0.15) is 6.92 Å². The molecule has 0 fully saturated rings. The molecule has 0 amide bonds. The van der Waals surface area contributed by atoms with Crippen molar-refractivity contribution in [1.82, 2.24) is 4.57 Å². The van der Waals surface area contributed by atoms with E-state index in [1.165, 1.54) is 0 Å². The van der Waals surface area contributed by atoms with Crippen molar-refractivity contribution in [2.45, 2.75) is 20.2 Å². The summed E-state index contributed by atoms with van der Waals surface area (Å²) in [4.78, 5) is 0. The van der Waals surface area contributed by atoms with E-state index in [0.29, 0.717) is 23.4 Å². The van der Waals surface area contributed by atoms with Gasteiger partial charge in [-0.1, -0.05) is 0 Å². The van der Waals surface area contributed by atoms with Gasteiger partial charge >= 0.3 is 0 Å². The first-order valence-electron chi connectivity index (χ1n) is 7.08. The van der Waals surface area contributed by atoms with Gasteiger partial charge in [-0.2, -0.15) is 4.57 Å². The fourth-order valence-corrected chi connectivity index (χ4v) is 1.67. The number of aromatic nitrogens is 2. The fourth-order valence-electron chi connectivity index (χ4n) is 1.67. The molecule has 0 aliphatic carbocycles. The molecular formula is C15H19N6O2+. The molecule has 0 saturated carbocycles. The molecule has 120 valence electrons. The van der Waals surface area contributed by atoms with E-state index in [1.807, 2.05) is 17.0 Å². The predicted molar refractivity (Wildman–Crippen MR) is 83.6 cm³/mol. The number of amidine groups is 1. The molecule has 0 radical (unpaired) electrons. The monoisotopic (exact) mass is 315 g/mol. The lowest BCUT2D eigenvalue weighted by Gasteiger charge is -2.01. The van der Waals surface area contributed by atoms with Crippen LogP contribution in [-0.4, -0.2) is 27.2 Å². The Balaban J connectivity index is 2.03. The van der Waals surface area contributed by atoms with E-state index >= 15 is 0 Å². The number of pyridine rings is 2. The first-order valence-corrected chi connectivity index (χ1v) is 7.08. The molecule has 8 heteroatoms. The van der Waals surface area contributed by atoms with Crippen LogP contribution in [0.15, 0.2) is 69.5 Å². The summed E-state index contributed by atoms with van der Waals surface area (Å²) in [5.41, 5.74) is 0.661. The predicted octanol–water partition coefficient (Wildman–Crippen LogP) is 0.736. The topological polar surface area (TPSA) is 98.7 Å². The van der Waals surface area contributed by atoms with Gasteiger partial charge in [-0.3, -0.25) is 0 Å². The number of rotatable bonds is 5. The van der Waals surface area contributed by atoms with E-state index in [2.05, 4.69) is 20.4 Å². The lowest BCUT2D eigenvalue weighted by atomic mass is 10.4. The van der Waals surface area contributed by atoms with E-state index in [4.69, 9.17) is 10.2 Å². The number of hydrogen-bond acceptors (Lipinski definition) is 5. The summed E-state index contributed by atoms with van der Waals surface area (Å²) in [6.07, 6.45) is 7.05. The summed E-state index contributed by atoms with van der Waals surface area (Å²) in [5, 5.41) is 34.6. The maximum Gasteiger partial charge on any atom is 0.250 e. The van der Waals surface area contributed by atoms with Crippen molar-refractivity contribution < 1.29 is 14.8 Å². The second kappa shape index (κ2) is 8.66. The lowest BCUT2D eigenvalue weighted by molar-refractivity contribution is -0.729. The Bertz CT molecular complexity index is 729. The number of hydrogen-bond donors (Lipinski definition) is 2. The van der Waals surface area contributed by atoms with Gasteiger partial charge in [0, 0.05) is 31.1 Å². The van der Waals surface area contributed by atoms with Crippen LogP contribution in [-0.2, 0) is 13.3 Å². The SMILES string of the molecule is CC(N=Nc1cc[n+](CO)cc1)=NN=c1ccn(CCO)cc1. The highest BCUT2D eigenvalue weighted by atomic mass is 16.3. The first-order chi connectivity index (χ1) is 11.2. The molecular weight excluding hydrogens is 296 g/mol. The number of aliphatic hydroxyl groups is 2. The molecule has 23 heavy (non-hydrogen) atoms. The molecule has 8 nitrogen and oxygen atoms in total. The highest BCUT2D eigenvalue weighted by Crippen LogP contribution is 2.08. The molecule has 0 spiro atoms. The second-order valence-corrected chi connectivity index (χ2v) is 4.68. The van der Waals surface area contributed by atoms with Crippen molar-refractivity contribution in [2.75, 3.05) is 6.61 Å². The molecule has 0 bridgehead atoms. The molecule has 2 aromatic rings. The van der Waals surface area contributed by atoms with Gasteiger partial charge in [-0.15, -0.1) is 20.4 Å². The molecule has 0 atom stereocenters. The summed E-state index contributed by atoms with van der Waals surface area (Å²) in [7, 11) is 0. The Morgan fingerprint density at radius 1 is 1.13 bits per heavy atom. The minimum atomic E-state index is -0.0772. The van der Waals surface area contributed by atoms with Crippen LogP contribution in [0.3, 0.4) is 0 Å². The first kappa shape index (κ1) is 16.7. The molecule has 2 aromatic heterocycles. The van der Waals surface area contributed by atoms with Gasteiger partial charge in [0.15, 0.2) is 18.2 Å². The van der Waals surface area contributed by atoms with Crippen molar-refractivity contribution in [3.8, 4) is 0 Å². The third-order valence-corrected chi connectivity index (χ3v) is 2.89. The van der Waals surface area contributed by atoms with Crippen LogP contribution >= 0.6 is 0 Å². The standard InChI is InChI=1S/C15H19N6O2/c1-13(17-19-15-4-8-21(12-23)9-5-15)16-18-14-2-6-20(7-3-14)10-11-22/h2-9,22-23H,10-12H2,1H3/q+1. The van der Waals surface area contributed by atoms with E-state index in [0.717, 1.165) is 0 Å². The molecule has 0 aromatic carbocycles. The van der Waals surface area contributed by atoms with E-state index in [-0.39, 0.29) is 13.3 Å². The molecule has 0 aliphatic rings. The minimum absolute atomic E-state index is 0.0772. The van der Waals surface area contributed by atoms with Crippen LogP contribution in [0.2, 0.25) is 0 Å². The normalized spacial score (nSPS) is 11.9.